The Balaban J connectivity index is 1.48. The number of fused-ring (bicyclic) bond motifs is 3. The normalized spacial score (nSPS) is 39.4. The number of hydrogen-bond acceptors (Lipinski definition) is 9. The van der Waals surface area contributed by atoms with Crippen LogP contribution in [0.15, 0.2) is 11.8 Å². The molecule has 3 saturated heterocycles. The zero-order valence-electron chi connectivity index (χ0n) is 23.7. The Morgan fingerprint density at radius 3 is 2.54 bits per heavy atom. The predicted molar refractivity (Wildman–Crippen MR) is 139 cm³/mol. The van der Waals surface area contributed by atoms with Crippen LogP contribution in [0.25, 0.3) is 0 Å². The van der Waals surface area contributed by atoms with Crippen LogP contribution in [0, 0.1) is 17.3 Å². The molecular weight excluding hydrogens is 506 g/mol. The number of carbonyl (C=O) groups excluding carboxylic acids is 1. The van der Waals surface area contributed by atoms with Gasteiger partial charge in [-0.1, -0.05) is 6.92 Å². The van der Waals surface area contributed by atoms with E-state index in [1.54, 1.807) is 21.0 Å². The average molecular weight is 552 g/mol. The molecule has 0 aromatic carbocycles. The lowest BCUT2D eigenvalue weighted by Crippen LogP contribution is -2.61. The lowest BCUT2D eigenvalue weighted by atomic mass is 9.55. The van der Waals surface area contributed by atoms with Crippen molar-refractivity contribution in [2.75, 3.05) is 27.0 Å². The van der Waals surface area contributed by atoms with Crippen LogP contribution in [0.1, 0.15) is 78.6 Å². The first-order valence-electron chi connectivity index (χ1n) is 14.5. The van der Waals surface area contributed by atoms with E-state index in [9.17, 15) is 24.9 Å². The maximum atomic E-state index is 13.8. The van der Waals surface area contributed by atoms with E-state index in [4.69, 9.17) is 18.9 Å². The number of esters is 1. The molecule has 3 N–H and O–H groups in total. The second-order valence-corrected chi connectivity index (χ2v) is 13.3. The van der Waals surface area contributed by atoms with Gasteiger partial charge in [-0.2, -0.15) is 0 Å². The highest BCUT2D eigenvalue weighted by molar-refractivity contribution is 5.85. The van der Waals surface area contributed by atoms with Crippen molar-refractivity contribution in [3.05, 3.63) is 11.8 Å². The fourth-order valence-corrected chi connectivity index (χ4v) is 8.52. The lowest BCUT2D eigenvalue weighted by Gasteiger charge is -2.54. The van der Waals surface area contributed by atoms with Crippen molar-refractivity contribution in [3.63, 3.8) is 0 Å². The van der Waals surface area contributed by atoms with E-state index in [1.165, 1.54) is 0 Å². The molecule has 4 fully saturated rings. The topological polar surface area (TPSA) is 135 Å². The Bertz CT molecular complexity index is 994. The maximum absolute atomic E-state index is 13.8. The summed E-state index contributed by atoms with van der Waals surface area (Å²) in [5.74, 6) is -1.20. The van der Waals surface area contributed by atoms with E-state index < -0.39 is 41.1 Å². The first-order valence-corrected chi connectivity index (χ1v) is 14.5. The Morgan fingerprint density at radius 1 is 1.15 bits per heavy atom. The second kappa shape index (κ2) is 10.3. The molecule has 3 aliphatic heterocycles. The molecule has 5 rings (SSSR count). The SMILES string of the molecule is COC1=CC23CCCN2CCC2CC4OCOC4CC2C3(C)C1OC(=O)C(O)(CCCC(C)(C)O)CC(=O)O. The Morgan fingerprint density at radius 2 is 1.87 bits per heavy atom. The fraction of sp³-hybridized carbons (Fsp3) is 0.862. The van der Waals surface area contributed by atoms with Gasteiger partial charge in [0.1, 0.15) is 12.6 Å². The maximum Gasteiger partial charge on any atom is 0.339 e. The van der Waals surface area contributed by atoms with Crippen LogP contribution < -0.4 is 0 Å². The molecule has 8 unspecified atom stereocenters. The van der Waals surface area contributed by atoms with Gasteiger partial charge >= 0.3 is 11.9 Å². The fourth-order valence-electron chi connectivity index (χ4n) is 8.52. The van der Waals surface area contributed by atoms with Crippen molar-refractivity contribution in [2.24, 2.45) is 17.3 Å². The number of ether oxygens (including phenoxy) is 4. The summed E-state index contributed by atoms with van der Waals surface area (Å²) in [6.07, 6.45) is 5.71. The summed E-state index contributed by atoms with van der Waals surface area (Å²) in [6.45, 7) is 7.65. The van der Waals surface area contributed by atoms with Crippen LogP contribution in [-0.4, -0.2) is 94.2 Å². The van der Waals surface area contributed by atoms with Crippen molar-refractivity contribution in [1.82, 2.24) is 4.90 Å². The van der Waals surface area contributed by atoms with Gasteiger partial charge in [0, 0.05) is 5.41 Å². The molecule has 1 saturated carbocycles. The number of rotatable bonds is 9. The molecule has 39 heavy (non-hydrogen) atoms. The highest BCUT2D eigenvalue weighted by Crippen LogP contribution is 2.64. The van der Waals surface area contributed by atoms with Gasteiger partial charge in [0.2, 0.25) is 0 Å². The van der Waals surface area contributed by atoms with E-state index >= 15 is 0 Å². The molecule has 0 amide bonds. The van der Waals surface area contributed by atoms with Crippen molar-refractivity contribution in [2.45, 2.75) is 114 Å². The summed E-state index contributed by atoms with van der Waals surface area (Å²) in [5.41, 5.74) is -4.17. The highest BCUT2D eigenvalue weighted by Gasteiger charge is 2.69. The number of nitrogens with zero attached hydrogens (tertiary/aromatic N) is 1. The van der Waals surface area contributed by atoms with Gasteiger partial charge in [0.05, 0.1) is 36.9 Å². The molecule has 3 heterocycles. The number of aliphatic hydroxyl groups is 2. The third-order valence-electron chi connectivity index (χ3n) is 10.4. The molecular formula is C29H45NO9. The average Bonchev–Trinajstić information content (AvgIpc) is 3.52. The highest BCUT2D eigenvalue weighted by atomic mass is 16.7. The van der Waals surface area contributed by atoms with Crippen molar-refractivity contribution < 1.29 is 43.9 Å². The Hall–Kier alpha value is -1.72. The zero-order valence-corrected chi connectivity index (χ0v) is 23.7. The van der Waals surface area contributed by atoms with Crippen LogP contribution in [0.4, 0.5) is 0 Å². The summed E-state index contributed by atoms with van der Waals surface area (Å²) < 4.78 is 24.0. The molecule has 0 aromatic rings. The molecule has 2 aliphatic carbocycles. The van der Waals surface area contributed by atoms with E-state index in [2.05, 4.69) is 17.9 Å². The molecule has 1 spiro atoms. The van der Waals surface area contributed by atoms with Crippen LogP contribution in [0.2, 0.25) is 0 Å². The number of carboxylic acid groups (broad SMARTS) is 1. The number of carboxylic acids is 1. The zero-order chi connectivity index (χ0) is 28.2. The van der Waals surface area contributed by atoms with Crippen molar-refractivity contribution in [1.29, 1.82) is 0 Å². The van der Waals surface area contributed by atoms with Gasteiger partial charge in [-0.25, -0.2) is 4.79 Å². The summed E-state index contributed by atoms with van der Waals surface area (Å²) in [7, 11) is 1.58. The van der Waals surface area contributed by atoms with Gasteiger partial charge in [-0.15, -0.1) is 0 Å². The molecule has 0 aromatic heterocycles. The molecule has 0 bridgehead atoms. The Labute approximate surface area is 230 Å². The lowest BCUT2D eigenvalue weighted by molar-refractivity contribution is -0.190. The van der Waals surface area contributed by atoms with E-state index in [0.29, 0.717) is 24.9 Å². The monoisotopic (exact) mass is 551 g/mol. The van der Waals surface area contributed by atoms with E-state index in [-0.39, 0.29) is 36.5 Å². The third-order valence-corrected chi connectivity index (χ3v) is 10.4. The standard InChI is InChI=1S/C29H45NO9/c1-26(2,34)8-5-9-28(35,16-23(31)32)25(33)39-24-22(36-4)15-29-10-6-11-30(29)12-7-18-13-20-21(38-17-37-20)14-19(18)27(24,29)3/h15,18-21,24,34-35H,5-14,16-17H2,1-4H3,(H,31,32). The van der Waals surface area contributed by atoms with Gasteiger partial charge in [0.25, 0.3) is 0 Å². The summed E-state index contributed by atoms with van der Waals surface area (Å²) in [4.78, 5) is 28.0. The minimum absolute atomic E-state index is 0.0122. The minimum atomic E-state index is -2.22. The van der Waals surface area contributed by atoms with Crippen LogP contribution in [0.5, 0.6) is 0 Å². The number of carbonyl (C=O) groups is 2. The van der Waals surface area contributed by atoms with E-state index in [0.717, 1.165) is 45.2 Å². The number of hydrogen-bond donors (Lipinski definition) is 3. The molecule has 0 radical (unpaired) electrons. The molecule has 5 aliphatic rings. The molecule has 8 atom stereocenters. The molecule has 220 valence electrons. The van der Waals surface area contributed by atoms with E-state index in [1.807, 2.05) is 0 Å². The van der Waals surface area contributed by atoms with Crippen molar-refractivity contribution >= 4 is 11.9 Å². The first kappa shape index (κ1) is 28.8. The summed E-state index contributed by atoms with van der Waals surface area (Å²) in [6, 6.07) is 0. The second-order valence-electron chi connectivity index (χ2n) is 13.3. The van der Waals surface area contributed by atoms with Crippen LogP contribution >= 0.6 is 0 Å². The summed E-state index contributed by atoms with van der Waals surface area (Å²) >= 11 is 0. The largest absolute Gasteiger partial charge is 0.497 e. The van der Waals surface area contributed by atoms with Crippen molar-refractivity contribution in [3.8, 4) is 0 Å². The first-order chi connectivity index (χ1) is 18.3. The van der Waals surface area contributed by atoms with Gasteiger partial charge in [-0.3, -0.25) is 9.69 Å². The minimum Gasteiger partial charge on any atom is -0.497 e. The van der Waals surface area contributed by atoms with Crippen LogP contribution in [-0.2, 0) is 28.5 Å². The Kier molecular flexibility index (Phi) is 7.59. The molecule has 10 heteroatoms. The predicted octanol–water partition coefficient (Wildman–Crippen LogP) is 2.60. The van der Waals surface area contributed by atoms with Gasteiger partial charge in [0.15, 0.2) is 11.7 Å². The van der Waals surface area contributed by atoms with Crippen LogP contribution in [0.3, 0.4) is 0 Å². The third kappa shape index (κ3) is 4.90. The summed E-state index contributed by atoms with van der Waals surface area (Å²) in [5, 5.41) is 31.1. The molecule has 10 nitrogen and oxygen atoms in total. The van der Waals surface area contributed by atoms with Gasteiger partial charge in [-0.05, 0) is 96.2 Å². The van der Waals surface area contributed by atoms with Gasteiger partial charge < -0.3 is 34.3 Å². The smallest absolute Gasteiger partial charge is 0.339 e. The quantitative estimate of drug-likeness (QED) is 0.367. The number of methoxy groups -OCH3 is 1. The number of aliphatic carboxylic acids is 1.